The van der Waals surface area contributed by atoms with E-state index in [9.17, 15) is 4.79 Å². The van der Waals surface area contributed by atoms with E-state index in [1.165, 1.54) is 25.7 Å². The molecule has 0 saturated carbocycles. The van der Waals surface area contributed by atoms with Gasteiger partial charge in [-0.15, -0.1) is 0 Å². The predicted octanol–water partition coefficient (Wildman–Crippen LogP) is 2.46. The van der Waals surface area contributed by atoms with Crippen molar-refractivity contribution < 1.29 is 9.53 Å². The van der Waals surface area contributed by atoms with Crippen molar-refractivity contribution in [1.82, 2.24) is 5.32 Å². The average molecular weight is 284 g/mol. The number of unbranched alkanes of at least 4 members (excludes halogenated alkanes) is 3. The van der Waals surface area contributed by atoms with Crippen LogP contribution in [0.4, 0.5) is 0 Å². The molecule has 1 aliphatic rings. The minimum absolute atomic E-state index is 0.130. The molecule has 1 saturated heterocycles. The lowest BCUT2D eigenvalue weighted by molar-refractivity contribution is -0.135. The summed E-state index contributed by atoms with van der Waals surface area (Å²) in [6, 6.07) is 0. The second kappa shape index (κ2) is 9.35. The summed E-state index contributed by atoms with van der Waals surface area (Å²) in [5, 5.41) is 3.07. The summed E-state index contributed by atoms with van der Waals surface area (Å²) in [6.07, 6.45) is 7.66. The summed E-state index contributed by atoms with van der Waals surface area (Å²) in [4.78, 5) is 12.3. The largest absolute Gasteiger partial charge is 0.381 e. The van der Waals surface area contributed by atoms with Crippen LogP contribution in [-0.2, 0) is 9.53 Å². The topological polar surface area (TPSA) is 64.4 Å². The van der Waals surface area contributed by atoms with E-state index in [2.05, 4.69) is 19.2 Å². The number of amides is 1. The molecule has 4 nitrogen and oxygen atoms in total. The number of rotatable bonds is 9. The maximum absolute atomic E-state index is 12.3. The van der Waals surface area contributed by atoms with Crippen LogP contribution in [0.2, 0.25) is 0 Å². The average Bonchev–Trinajstić information content (AvgIpc) is 2.46. The van der Waals surface area contributed by atoms with Crippen LogP contribution in [0.15, 0.2) is 0 Å². The fourth-order valence-electron chi connectivity index (χ4n) is 2.71. The lowest BCUT2D eigenvalue weighted by Gasteiger charge is -2.34. The van der Waals surface area contributed by atoms with E-state index in [-0.39, 0.29) is 11.3 Å². The Morgan fingerprint density at radius 3 is 2.45 bits per heavy atom. The third kappa shape index (κ3) is 5.80. The molecule has 3 N–H and O–H groups in total. The standard InChI is InChI=1S/C16H32N2O2/c1-14(2)7-5-3-4-6-10-18-15(19)16(13-17)8-11-20-12-9-16/h14H,3-13,17H2,1-2H3,(H,18,19). The Kier molecular flexibility index (Phi) is 8.15. The molecule has 20 heavy (non-hydrogen) atoms. The van der Waals surface area contributed by atoms with Gasteiger partial charge in [0.15, 0.2) is 0 Å². The van der Waals surface area contributed by atoms with E-state index in [1.807, 2.05) is 0 Å². The summed E-state index contributed by atoms with van der Waals surface area (Å²) < 4.78 is 5.33. The van der Waals surface area contributed by atoms with Crippen molar-refractivity contribution in [2.75, 3.05) is 26.3 Å². The van der Waals surface area contributed by atoms with Gasteiger partial charge in [-0.25, -0.2) is 0 Å². The molecule has 0 aromatic rings. The Labute approximate surface area is 123 Å². The molecule has 0 unspecified atom stereocenters. The Hall–Kier alpha value is -0.610. The van der Waals surface area contributed by atoms with Gasteiger partial charge in [0.25, 0.3) is 0 Å². The van der Waals surface area contributed by atoms with Crippen molar-refractivity contribution in [3.8, 4) is 0 Å². The van der Waals surface area contributed by atoms with Gasteiger partial charge in [0.2, 0.25) is 5.91 Å². The smallest absolute Gasteiger partial charge is 0.227 e. The van der Waals surface area contributed by atoms with E-state index < -0.39 is 0 Å². The highest BCUT2D eigenvalue weighted by molar-refractivity contribution is 5.83. The molecular weight excluding hydrogens is 252 g/mol. The number of hydrogen-bond acceptors (Lipinski definition) is 3. The summed E-state index contributed by atoms with van der Waals surface area (Å²) in [5.41, 5.74) is 5.44. The summed E-state index contributed by atoms with van der Waals surface area (Å²) in [5.74, 6) is 0.929. The molecule has 4 heteroatoms. The maximum atomic E-state index is 12.3. The van der Waals surface area contributed by atoms with Crippen molar-refractivity contribution in [2.24, 2.45) is 17.1 Å². The lowest BCUT2D eigenvalue weighted by atomic mass is 9.79. The highest BCUT2D eigenvalue weighted by Gasteiger charge is 2.38. The van der Waals surface area contributed by atoms with Gasteiger partial charge >= 0.3 is 0 Å². The number of carbonyl (C=O) groups is 1. The van der Waals surface area contributed by atoms with Crippen LogP contribution in [0.1, 0.15) is 58.8 Å². The molecule has 0 spiro atoms. The molecule has 0 aromatic carbocycles. The SMILES string of the molecule is CC(C)CCCCCCNC(=O)C1(CN)CCOCC1. The Balaban J connectivity index is 2.12. The van der Waals surface area contributed by atoms with E-state index >= 15 is 0 Å². The first-order chi connectivity index (χ1) is 9.60. The van der Waals surface area contributed by atoms with Gasteiger partial charge in [0.1, 0.15) is 0 Å². The molecule has 1 fully saturated rings. The minimum atomic E-state index is -0.379. The second-order valence-corrected chi connectivity index (χ2v) is 6.45. The molecule has 1 heterocycles. The first-order valence-electron chi connectivity index (χ1n) is 8.17. The van der Waals surface area contributed by atoms with Crippen LogP contribution in [0.5, 0.6) is 0 Å². The molecular formula is C16H32N2O2. The Morgan fingerprint density at radius 1 is 1.20 bits per heavy atom. The molecule has 0 aliphatic carbocycles. The van der Waals surface area contributed by atoms with Gasteiger partial charge in [-0.3, -0.25) is 4.79 Å². The molecule has 0 aromatic heterocycles. The third-order valence-corrected chi connectivity index (χ3v) is 4.32. The number of nitrogens with two attached hydrogens (primary N) is 1. The Morgan fingerprint density at radius 2 is 1.85 bits per heavy atom. The fourth-order valence-corrected chi connectivity index (χ4v) is 2.71. The quantitative estimate of drug-likeness (QED) is 0.639. The van der Waals surface area contributed by atoms with Crippen molar-refractivity contribution in [3.63, 3.8) is 0 Å². The summed E-state index contributed by atoms with van der Waals surface area (Å²) >= 11 is 0. The van der Waals surface area contributed by atoms with Crippen LogP contribution in [-0.4, -0.2) is 32.2 Å². The molecule has 1 aliphatic heterocycles. The highest BCUT2D eigenvalue weighted by atomic mass is 16.5. The predicted molar refractivity (Wildman–Crippen MR) is 82.5 cm³/mol. The van der Waals surface area contributed by atoms with Crippen LogP contribution < -0.4 is 11.1 Å². The number of nitrogens with one attached hydrogen (secondary N) is 1. The lowest BCUT2D eigenvalue weighted by Crippen LogP contribution is -2.49. The monoisotopic (exact) mass is 284 g/mol. The maximum Gasteiger partial charge on any atom is 0.227 e. The molecule has 0 bridgehead atoms. The van der Waals surface area contributed by atoms with Gasteiger partial charge in [-0.1, -0.05) is 39.5 Å². The molecule has 0 radical (unpaired) electrons. The van der Waals surface area contributed by atoms with Crippen molar-refractivity contribution in [3.05, 3.63) is 0 Å². The van der Waals surface area contributed by atoms with Gasteiger partial charge in [0, 0.05) is 26.3 Å². The molecule has 1 amide bonds. The highest BCUT2D eigenvalue weighted by Crippen LogP contribution is 2.29. The van der Waals surface area contributed by atoms with E-state index in [0.717, 1.165) is 31.7 Å². The summed E-state index contributed by atoms with van der Waals surface area (Å²) in [6.45, 7) is 7.04. The third-order valence-electron chi connectivity index (χ3n) is 4.32. The second-order valence-electron chi connectivity index (χ2n) is 6.45. The number of carbonyl (C=O) groups excluding carboxylic acids is 1. The zero-order chi connectivity index (χ0) is 14.8. The first-order valence-corrected chi connectivity index (χ1v) is 8.17. The van der Waals surface area contributed by atoms with Crippen LogP contribution in [0.3, 0.4) is 0 Å². The van der Waals surface area contributed by atoms with Crippen molar-refractivity contribution >= 4 is 5.91 Å². The zero-order valence-electron chi connectivity index (χ0n) is 13.2. The zero-order valence-corrected chi connectivity index (χ0v) is 13.2. The first kappa shape index (κ1) is 17.4. The van der Waals surface area contributed by atoms with Crippen LogP contribution in [0, 0.1) is 11.3 Å². The molecule has 0 atom stereocenters. The normalized spacial score (nSPS) is 18.2. The Bertz CT molecular complexity index is 274. The van der Waals surface area contributed by atoms with Gasteiger partial charge in [-0.05, 0) is 25.2 Å². The van der Waals surface area contributed by atoms with Crippen molar-refractivity contribution in [1.29, 1.82) is 0 Å². The number of hydrogen-bond donors (Lipinski definition) is 2. The molecule has 1 rings (SSSR count). The van der Waals surface area contributed by atoms with Gasteiger partial charge in [-0.2, -0.15) is 0 Å². The van der Waals surface area contributed by atoms with Gasteiger partial charge in [0.05, 0.1) is 5.41 Å². The summed E-state index contributed by atoms with van der Waals surface area (Å²) in [7, 11) is 0. The van der Waals surface area contributed by atoms with E-state index in [4.69, 9.17) is 10.5 Å². The number of ether oxygens (including phenoxy) is 1. The molecule has 118 valence electrons. The minimum Gasteiger partial charge on any atom is -0.381 e. The van der Waals surface area contributed by atoms with E-state index in [1.54, 1.807) is 0 Å². The van der Waals surface area contributed by atoms with Crippen molar-refractivity contribution in [2.45, 2.75) is 58.8 Å². The van der Waals surface area contributed by atoms with Crippen LogP contribution in [0.25, 0.3) is 0 Å². The van der Waals surface area contributed by atoms with Gasteiger partial charge < -0.3 is 15.8 Å². The van der Waals surface area contributed by atoms with Crippen LogP contribution >= 0.6 is 0 Å². The fraction of sp³-hybridized carbons (Fsp3) is 0.938. The van der Waals surface area contributed by atoms with E-state index in [0.29, 0.717) is 19.8 Å².